The minimum absolute atomic E-state index is 0.588. The first-order chi connectivity index (χ1) is 34.2. The van der Waals surface area contributed by atoms with Gasteiger partial charge in [0.15, 0.2) is 17.5 Å². The normalized spacial score (nSPS) is 11.8. The quantitative estimate of drug-likeness (QED) is 0.160. The van der Waals surface area contributed by atoms with Crippen molar-refractivity contribution in [1.29, 1.82) is 0 Å². The lowest BCUT2D eigenvalue weighted by Gasteiger charge is -2.14. The molecule has 0 aliphatic heterocycles. The molecule has 7 nitrogen and oxygen atoms in total. The fraction of sp³-hybridized carbons (Fsp3) is 0. The largest absolute Gasteiger partial charge is 0.309 e. The van der Waals surface area contributed by atoms with Crippen LogP contribution < -0.4 is 0 Å². The number of imidazole rings is 1. The number of rotatable bonds is 7. The average molecular weight is 882 g/mol. The van der Waals surface area contributed by atoms with Crippen molar-refractivity contribution in [3.05, 3.63) is 237 Å². The predicted octanol–water partition coefficient (Wildman–Crippen LogP) is 15.2. The van der Waals surface area contributed by atoms with Crippen LogP contribution in [0.2, 0.25) is 0 Å². The molecule has 0 saturated heterocycles. The summed E-state index contributed by atoms with van der Waals surface area (Å²) in [4.78, 5) is 20.7. The monoisotopic (exact) mass is 881 g/mol. The van der Waals surface area contributed by atoms with Crippen molar-refractivity contribution in [3.63, 3.8) is 0 Å². The van der Waals surface area contributed by atoms with Gasteiger partial charge in [-0.3, -0.25) is 9.13 Å². The van der Waals surface area contributed by atoms with Crippen LogP contribution in [0.1, 0.15) is 0 Å². The Kier molecular flexibility index (Phi) is 8.75. The zero-order chi connectivity index (χ0) is 45.4. The number of aromatic nitrogens is 7. The molecule has 10 aromatic carbocycles. The Morgan fingerprint density at radius 3 is 1.38 bits per heavy atom. The van der Waals surface area contributed by atoms with E-state index in [0.29, 0.717) is 17.5 Å². The summed E-state index contributed by atoms with van der Waals surface area (Å²) in [6.07, 6.45) is 0. The van der Waals surface area contributed by atoms with Crippen molar-refractivity contribution in [2.45, 2.75) is 0 Å². The van der Waals surface area contributed by atoms with Crippen LogP contribution in [0.5, 0.6) is 0 Å². The third-order valence-corrected chi connectivity index (χ3v) is 13.5. The number of fused-ring (bicyclic) bond motifs is 8. The SMILES string of the molecule is c1ccc(-c2nc(-c3ccccc3)nc(-c3ccc4nc(-n5c6ccccc6c6cc(-c7ccc8c(c7)c7ccccc7n8-c7ccccc7)ccc65)n(-c5ccc6ccccc6c5)c4c3)n2)cc1. The predicted molar refractivity (Wildman–Crippen MR) is 282 cm³/mol. The van der Waals surface area contributed by atoms with Crippen LogP contribution in [-0.2, 0) is 0 Å². The van der Waals surface area contributed by atoms with Gasteiger partial charge < -0.3 is 4.57 Å². The summed E-state index contributed by atoms with van der Waals surface area (Å²) in [5.74, 6) is 2.61. The van der Waals surface area contributed by atoms with Gasteiger partial charge in [0.05, 0.1) is 33.1 Å². The second-order valence-corrected chi connectivity index (χ2v) is 17.5. The highest BCUT2D eigenvalue weighted by molar-refractivity contribution is 6.13. The molecule has 4 aromatic heterocycles. The molecular weight excluding hydrogens is 843 g/mol. The Labute approximate surface area is 396 Å². The maximum Gasteiger partial charge on any atom is 0.220 e. The Bertz CT molecular complexity index is 4240. The van der Waals surface area contributed by atoms with Crippen LogP contribution in [0.4, 0.5) is 0 Å². The number of hydrogen-bond acceptors (Lipinski definition) is 4. The molecule has 0 amide bonds. The van der Waals surface area contributed by atoms with Gasteiger partial charge in [0.1, 0.15) is 0 Å². The van der Waals surface area contributed by atoms with E-state index in [0.717, 1.165) is 83.4 Å². The standard InChI is InChI=1S/C62H39N7/c1-4-17-41(18-5-1)59-64-60(42-19-6-2-7-20-42)66-61(65-59)46-29-33-53-58(39-46)68(48-32-28-40-16-10-11-21-43(40)36-48)62(63-53)69-55-27-15-13-25-50(55)52-38-45(31-35-57(52)69)44-30-34-56-51(37-44)49-24-12-14-26-54(49)67(56)47-22-8-3-9-23-47/h1-39H. The second-order valence-electron chi connectivity index (χ2n) is 17.5. The minimum atomic E-state index is 0.588. The summed E-state index contributed by atoms with van der Waals surface area (Å²) < 4.78 is 6.98. The molecule has 14 aromatic rings. The summed E-state index contributed by atoms with van der Waals surface area (Å²) in [7, 11) is 0. The Hall–Kier alpha value is -9.46. The molecule has 0 saturated carbocycles. The van der Waals surface area contributed by atoms with E-state index in [-0.39, 0.29) is 0 Å². The lowest BCUT2D eigenvalue weighted by molar-refractivity contribution is 0.957. The summed E-state index contributed by atoms with van der Waals surface area (Å²) in [5.41, 5.74) is 13.5. The maximum absolute atomic E-state index is 5.52. The van der Waals surface area contributed by atoms with Crippen LogP contribution in [0.25, 0.3) is 128 Å². The van der Waals surface area contributed by atoms with E-state index in [9.17, 15) is 0 Å². The molecule has 0 N–H and O–H groups in total. The minimum Gasteiger partial charge on any atom is -0.309 e. The first-order valence-electron chi connectivity index (χ1n) is 23.2. The molecular formula is C62H39N7. The molecule has 0 bridgehead atoms. The highest BCUT2D eigenvalue weighted by atomic mass is 15.2. The van der Waals surface area contributed by atoms with Crippen LogP contribution in [0.15, 0.2) is 237 Å². The van der Waals surface area contributed by atoms with Crippen molar-refractivity contribution >= 4 is 65.4 Å². The molecule has 14 rings (SSSR count). The van der Waals surface area contributed by atoms with Crippen LogP contribution in [0, 0.1) is 0 Å². The smallest absolute Gasteiger partial charge is 0.220 e. The second kappa shape index (κ2) is 15.6. The van der Waals surface area contributed by atoms with Crippen LogP contribution >= 0.6 is 0 Å². The number of para-hydroxylation sites is 3. The fourth-order valence-electron chi connectivity index (χ4n) is 10.2. The first kappa shape index (κ1) is 38.8. The number of hydrogen-bond donors (Lipinski definition) is 0. The van der Waals surface area contributed by atoms with E-state index in [1.807, 2.05) is 60.7 Å². The fourth-order valence-corrected chi connectivity index (χ4v) is 10.2. The number of benzene rings is 10. The van der Waals surface area contributed by atoms with Crippen molar-refractivity contribution in [1.82, 2.24) is 33.6 Å². The molecule has 69 heavy (non-hydrogen) atoms. The molecule has 0 aliphatic carbocycles. The van der Waals surface area contributed by atoms with Crippen molar-refractivity contribution in [3.8, 4) is 62.6 Å². The average Bonchev–Trinajstić information content (AvgIpc) is 4.08. The Balaban J connectivity index is 0.972. The van der Waals surface area contributed by atoms with Crippen molar-refractivity contribution in [2.75, 3.05) is 0 Å². The highest BCUT2D eigenvalue weighted by Gasteiger charge is 2.23. The van der Waals surface area contributed by atoms with Crippen molar-refractivity contribution < 1.29 is 0 Å². The van der Waals surface area contributed by atoms with Gasteiger partial charge >= 0.3 is 0 Å². The van der Waals surface area contributed by atoms with E-state index in [4.69, 9.17) is 19.9 Å². The summed E-state index contributed by atoms with van der Waals surface area (Å²) >= 11 is 0. The van der Waals surface area contributed by atoms with Crippen molar-refractivity contribution in [2.24, 2.45) is 0 Å². The highest BCUT2D eigenvalue weighted by Crippen LogP contribution is 2.40. The van der Waals surface area contributed by atoms with Gasteiger partial charge in [0, 0.05) is 49.6 Å². The molecule has 0 fully saturated rings. The van der Waals surface area contributed by atoms with E-state index in [2.05, 4.69) is 190 Å². The van der Waals surface area contributed by atoms with E-state index in [1.54, 1.807) is 0 Å². The van der Waals surface area contributed by atoms with Crippen LogP contribution in [-0.4, -0.2) is 33.6 Å². The Morgan fingerprint density at radius 2 is 0.739 bits per heavy atom. The van der Waals surface area contributed by atoms with E-state index < -0.39 is 0 Å². The van der Waals surface area contributed by atoms with E-state index >= 15 is 0 Å². The van der Waals surface area contributed by atoms with Crippen LogP contribution in [0.3, 0.4) is 0 Å². The third kappa shape index (κ3) is 6.36. The number of nitrogens with zero attached hydrogens (tertiary/aromatic N) is 7. The zero-order valence-corrected chi connectivity index (χ0v) is 37.1. The van der Waals surface area contributed by atoms with Gasteiger partial charge in [-0.1, -0.05) is 158 Å². The zero-order valence-electron chi connectivity index (χ0n) is 37.1. The lowest BCUT2D eigenvalue weighted by atomic mass is 10.0. The molecule has 7 heteroatoms. The van der Waals surface area contributed by atoms with Gasteiger partial charge in [-0.15, -0.1) is 0 Å². The Morgan fingerprint density at radius 1 is 0.246 bits per heavy atom. The topological polar surface area (TPSA) is 66.3 Å². The maximum atomic E-state index is 5.52. The molecule has 322 valence electrons. The molecule has 0 radical (unpaired) electrons. The summed E-state index contributed by atoms with van der Waals surface area (Å²) in [6, 6.07) is 83.5. The van der Waals surface area contributed by atoms with Gasteiger partial charge in [-0.25, -0.2) is 19.9 Å². The van der Waals surface area contributed by atoms with Gasteiger partial charge in [0.2, 0.25) is 5.95 Å². The lowest BCUT2D eigenvalue weighted by Crippen LogP contribution is -2.05. The molecule has 4 heterocycles. The molecule has 0 atom stereocenters. The van der Waals surface area contributed by atoms with Gasteiger partial charge in [-0.2, -0.15) is 0 Å². The molecule has 0 unspecified atom stereocenters. The molecule has 0 spiro atoms. The van der Waals surface area contributed by atoms with E-state index in [1.165, 1.54) is 27.2 Å². The molecule has 0 aliphatic rings. The van der Waals surface area contributed by atoms with Gasteiger partial charge in [-0.05, 0) is 101 Å². The van der Waals surface area contributed by atoms with Gasteiger partial charge in [0.25, 0.3) is 0 Å². The summed E-state index contributed by atoms with van der Waals surface area (Å²) in [5, 5.41) is 7.08. The third-order valence-electron chi connectivity index (χ3n) is 13.5. The first-order valence-corrected chi connectivity index (χ1v) is 23.2. The summed E-state index contributed by atoms with van der Waals surface area (Å²) in [6.45, 7) is 0.